The molecule has 0 N–H and O–H groups in total. The first-order valence-corrected chi connectivity index (χ1v) is 21.2. The number of aryl methyl sites for hydroxylation is 1. The molecular weight excluding hydrogens is 657 g/mol. The van der Waals surface area contributed by atoms with Gasteiger partial charge in [0.1, 0.15) is 12.4 Å². The molecule has 3 aromatic carbocycles. The molecule has 0 atom stereocenters. The Bertz CT molecular complexity index is 1200. The first-order valence-electron chi connectivity index (χ1n) is 19.3. The van der Waals surface area contributed by atoms with E-state index in [1.807, 2.05) is 0 Å². The maximum absolute atomic E-state index is 6.86. The smallest absolute Gasteiger partial charge is 0.261 e. The van der Waals surface area contributed by atoms with Gasteiger partial charge in [0.25, 0.3) is 8.32 Å². The highest BCUT2D eigenvalue weighted by Gasteiger charge is 2.50. The molecule has 0 aliphatic heterocycles. The molecule has 0 amide bonds. The van der Waals surface area contributed by atoms with Crippen molar-refractivity contribution in [3.05, 3.63) is 90.5 Å². The summed E-state index contributed by atoms with van der Waals surface area (Å²) in [4.78, 5) is 0. The van der Waals surface area contributed by atoms with Gasteiger partial charge in [-0.05, 0) is 45.9 Å². The molecule has 0 aromatic heterocycles. The lowest BCUT2D eigenvalue weighted by Gasteiger charge is -2.43. The molecule has 0 fully saturated rings. The first kappa shape index (κ1) is 42.8. The Hall–Kier alpha value is -2.56. The molecule has 0 radical (unpaired) electrons. The highest BCUT2D eigenvalue weighted by Crippen LogP contribution is 2.36. The van der Waals surface area contributed by atoms with Crippen LogP contribution in [0.2, 0.25) is 5.04 Å². The second kappa shape index (κ2) is 26.2. The van der Waals surface area contributed by atoms with Crippen molar-refractivity contribution in [1.82, 2.24) is 0 Å². The summed E-state index contributed by atoms with van der Waals surface area (Å²) in [6, 6.07) is 29.8. The van der Waals surface area contributed by atoms with Crippen molar-refractivity contribution >= 4 is 18.7 Å². The SMILES string of the molecule is CCCCCCCCCc1ccc(OCCOCCOCCOCCOCCOCCO[Si](c2ccccc2)(c2ccccc2)C(C)(C)C)cc1. The second-order valence-electron chi connectivity index (χ2n) is 13.9. The van der Waals surface area contributed by atoms with Crippen molar-refractivity contribution in [2.45, 2.75) is 84.1 Å². The van der Waals surface area contributed by atoms with E-state index in [2.05, 4.69) is 113 Å². The molecule has 51 heavy (non-hydrogen) atoms. The van der Waals surface area contributed by atoms with Crippen molar-refractivity contribution in [3.8, 4) is 5.75 Å². The van der Waals surface area contributed by atoms with Gasteiger partial charge in [-0.15, -0.1) is 0 Å². The van der Waals surface area contributed by atoms with Gasteiger partial charge < -0.3 is 32.8 Å². The van der Waals surface area contributed by atoms with Crippen LogP contribution >= 0.6 is 0 Å². The van der Waals surface area contributed by atoms with Crippen LogP contribution in [0.1, 0.15) is 78.2 Å². The number of unbranched alkanes of at least 4 members (excludes halogenated alkanes) is 6. The average molecular weight is 723 g/mol. The predicted octanol–water partition coefficient (Wildman–Crippen LogP) is 8.02. The molecule has 7 nitrogen and oxygen atoms in total. The van der Waals surface area contributed by atoms with E-state index in [1.165, 1.54) is 60.9 Å². The Morgan fingerprint density at radius 3 is 1.31 bits per heavy atom. The maximum atomic E-state index is 6.86. The number of hydrogen-bond acceptors (Lipinski definition) is 7. The summed E-state index contributed by atoms with van der Waals surface area (Å²) in [7, 11) is -2.53. The third-order valence-corrected chi connectivity index (χ3v) is 14.0. The second-order valence-corrected chi connectivity index (χ2v) is 18.2. The summed E-state index contributed by atoms with van der Waals surface area (Å²) in [5.41, 5.74) is 1.38. The Morgan fingerprint density at radius 1 is 0.451 bits per heavy atom. The predicted molar refractivity (Wildman–Crippen MR) is 211 cm³/mol. The maximum Gasteiger partial charge on any atom is 0.261 e. The monoisotopic (exact) mass is 722 g/mol. The molecular formula is C43H66O7Si. The van der Waals surface area contributed by atoms with Crippen molar-refractivity contribution < 1.29 is 32.8 Å². The van der Waals surface area contributed by atoms with E-state index in [9.17, 15) is 0 Å². The summed E-state index contributed by atoms with van der Waals surface area (Å²) in [5, 5.41) is 2.50. The summed E-state index contributed by atoms with van der Waals surface area (Å²) in [5.74, 6) is 0.892. The third kappa shape index (κ3) is 16.8. The van der Waals surface area contributed by atoms with Crippen LogP contribution in [-0.4, -0.2) is 87.6 Å². The normalized spacial score (nSPS) is 12.0. The van der Waals surface area contributed by atoms with Gasteiger partial charge >= 0.3 is 0 Å². The topological polar surface area (TPSA) is 64.6 Å². The highest BCUT2D eigenvalue weighted by atomic mass is 28.4. The summed E-state index contributed by atoms with van der Waals surface area (Å²) in [6.07, 6.45) is 10.5. The Morgan fingerprint density at radius 2 is 0.863 bits per heavy atom. The van der Waals surface area contributed by atoms with E-state index in [-0.39, 0.29) is 5.04 Å². The lowest BCUT2D eigenvalue weighted by molar-refractivity contribution is -0.0143. The van der Waals surface area contributed by atoms with E-state index in [1.54, 1.807) is 0 Å². The van der Waals surface area contributed by atoms with Gasteiger partial charge in [0.2, 0.25) is 0 Å². The number of hydrogen-bond donors (Lipinski definition) is 0. The molecule has 0 bridgehead atoms. The molecule has 0 aliphatic carbocycles. The van der Waals surface area contributed by atoms with Crippen LogP contribution in [0.3, 0.4) is 0 Å². The van der Waals surface area contributed by atoms with Gasteiger partial charge in [0.15, 0.2) is 0 Å². The van der Waals surface area contributed by atoms with E-state index in [0.717, 1.165) is 12.2 Å². The quantitative estimate of drug-likeness (QED) is 0.0510. The van der Waals surface area contributed by atoms with Gasteiger partial charge in [0.05, 0.1) is 72.7 Å². The highest BCUT2D eigenvalue weighted by molar-refractivity contribution is 6.99. The van der Waals surface area contributed by atoms with Gasteiger partial charge in [-0.25, -0.2) is 0 Å². The summed E-state index contributed by atoms with van der Waals surface area (Å²) >= 11 is 0. The van der Waals surface area contributed by atoms with E-state index >= 15 is 0 Å². The Labute approximate surface area is 310 Å². The van der Waals surface area contributed by atoms with E-state index < -0.39 is 8.32 Å². The fourth-order valence-corrected chi connectivity index (χ4v) is 10.8. The fourth-order valence-electron chi connectivity index (χ4n) is 6.25. The van der Waals surface area contributed by atoms with Gasteiger partial charge in [-0.2, -0.15) is 0 Å². The molecule has 0 aliphatic rings. The Balaban J connectivity index is 1.11. The zero-order valence-corrected chi connectivity index (χ0v) is 33.1. The summed E-state index contributed by atoms with van der Waals surface area (Å²) < 4.78 is 41.0. The molecule has 284 valence electrons. The molecule has 0 heterocycles. The van der Waals surface area contributed by atoms with Crippen LogP contribution < -0.4 is 15.1 Å². The molecule has 0 saturated heterocycles. The lowest BCUT2D eigenvalue weighted by Crippen LogP contribution is -2.66. The molecule has 3 rings (SSSR count). The van der Waals surface area contributed by atoms with E-state index in [4.69, 9.17) is 32.8 Å². The standard InChI is InChI=1S/C43H66O7Si/c1-5-6-7-8-9-10-13-18-39-23-25-40(26-24-39)49-37-35-47-33-31-45-29-27-44-28-30-46-32-34-48-36-38-50-51(43(2,3)4,41-19-14-11-15-20-41)42-21-16-12-17-22-42/h11-12,14-17,19-26H,5-10,13,18,27-38H2,1-4H3. The van der Waals surface area contributed by atoms with Crippen LogP contribution in [0, 0.1) is 0 Å². The van der Waals surface area contributed by atoms with Crippen LogP contribution in [-0.2, 0) is 34.5 Å². The molecule has 0 saturated carbocycles. The van der Waals surface area contributed by atoms with Crippen LogP contribution in [0.15, 0.2) is 84.9 Å². The van der Waals surface area contributed by atoms with Crippen molar-refractivity contribution in [2.75, 3.05) is 79.3 Å². The minimum Gasteiger partial charge on any atom is -0.491 e. The lowest BCUT2D eigenvalue weighted by atomic mass is 10.0. The zero-order valence-electron chi connectivity index (χ0n) is 32.1. The van der Waals surface area contributed by atoms with Crippen molar-refractivity contribution in [1.29, 1.82) is 0 Å². The number of benzene rings is 3. The first-order chi connectivity index (χ1) is 25.0. The third-order valence-electron chi connectivity index (χ3n) is 8.94. The molecule has 8 heteroatoms. The Kier molecular flexibility index (Phi) is 22.0. The van der Waals surface area contributed by atoms with Crippen LogP contribution in [0.4, 0.5) is 0 Å². The minimum absolute atomic E-state index is 0.0484. The average Bonchev–Trinajstić information content (AvgIpc) is 3.14. The van der Waals surface area contributed by atoms with Crippen LogP contribution in [0.5, 0.6) is 5.75 Å². The van der Waals surface area contributed by atoms with E-state index in [0.29, 0.717) is 79.3 Å². The molecule has 0 unspecified atom stereocenters. The minimum atomic E-state index is -2.53. The van der Waals surface area contributed by atoms with Gasteiger partial charge in [-0.3, -0.25) is 0 Å². The fraction of sp³-hybridized carbons (Fsp3) is 0.581. The molecule has 0 spiro atoms. The largest absolute Gasteiger partial charge is 0.491 e. The van der Waals surface area contributed by atoms with Gasteiger partial charge in [-0.1, -0.05) is 139 Å². The number of ether oxygens (including phenoxy) is 6. The van der Waals surface area contributed by atoms with Crippen molar-refractivity contribution in [2.24, 2.45) is 0 Å². The van der Waals surface area contributed by atoms with Gasteiger partial charge in [0, 0.05) is 0 Å². The van der Waals surface area contributed by atoms with Crippen molar-refractivity contribution in [3.63, 3.8) is 0 Å². The van der Waals surface area contributed by atoms with Crippen LogP contribution in [0.25, 0.3) is 0 Å². The zero-order chi connectivity index (χ0) is 36.3. The number of rotatable bonds is 30. The summed E-state index contributed by atoms with van der Waals surface area (Å²) in [6.45, 7) is 15.4. The molecule has 3 aromatic rings.